The van der Waals surface area contributed by atoms with Crippen LogP contribution in [0, 0.1) is 19.9 Å². The summed E-state index contributed by atoms with van der Waals surface area (Å²) < 4.78 is 1.31. The van der Waals surface area contributed by atoms with Crippen LogP contribution in [0.2, 0.25) is 10.0 Å². The van der Waals surface area contributed by atoms with Gasteiger partial charge in [-0.3, -0.25) is 6.08 Å². The summed E-state index contributed by atoms with van der Waals surface area (Å²) in [4.78, 5) is 0. The fourth-order valence-corrected chi connectivity index (χ4v) is 6.76. The molecule has 0 saturated carbocycles. The first-order chi connectivity index (χ1) is 20.6. The number of fused-ring (bicyclic) bond motifs is 3. The normalized spacial score (nSPS) is 12.1. The molecule has 0 atom stereocenters. The zero-order valence-corrected chi connectivity index (χ0v) is 33.4. The molecule has 5 aromatic rings. The maximum Gasteiger partial charge on any atom is -0.109 e. The number of hydrogen-bond acceptors (Lipinski definition) is 0. The van der Waals surface area contributed by atoms with E-state index in [1.807, 2.05) is 60.7 Å². The Bertz CT molecular complexity index is 1690. The second-order valence-corrected chi connectivity index (χ2v) is 15.6. The van der Waals surface area contributed by atoms with Crippen LogP contribution in [0.4, 0.5) is 0 Å². The molecule has 0 unspecified atom stereocenters. The molecule has 5 aromatic carbocycles. The fourth-order valence-electron chi connectivity index (χ4n) is 5.69. The molecule has 0 bridgehead atoms. The van der Waals surface area contributed by atoms with Gasteiger partial charge in [0.05, 0.1) is 0 Å². The van der Waals surface area contributed by atoms with Crippen LogP contribution in [-0.4, -0.2) is 3.21 Å². The van der Waals surface area contributed by atoms with Crippen LogP contribution < -0.4 is 24.8 Å². The van der Waals surface area contributed by atoms with Crippen molar-refractivity contribution in [2.75, 3.05) is 0 Å². The van der Waals surface area contributed by atoms with Crippen LogP contribution >= 0.6 is 23.2 Å². The van der Waals surface area contributed by atoms with E-state index in [1.165, 1.54) is 82.4 Å². The summed E-state index contributed by atoms with van der Waals surface area (Å²) in [6.07, 6.45) is 10.0. The van der Waals surface area contributed by atoms with Gasteiger partial charge >= 0.3 is 120 Å². The van der Waals surface area contributed by atoms with Crippen molar-refractivity contribution in [1.82, 2.24) is 0 Å². The molecule has 1 aliphatic rings. The molecule has 0 aliphatic heterocycles. The topological polar surface area (TPSA) is 0 Å². The van der Waals surface area contributed by atoms with Crippen molar-refractivity contribution in [2.45, 2.75) is 72.6 Å². The molecule has 6 rings (SSSR count). The summed E-state index contributed by atoms with van der Waals surface area (Å²) in [5, 5.41) is 7.08. The van der Waals surface area contributed by atoms with Gasteiger partial charge in [0.2, 0.25) is 0 Å². The smallest absolute Gasteiger partial charge is 0.109 e. The van der Waals surface area contributed by atoms with Gasteiger partial charge < -0.3 is 24.8 Å². The predicted octanol–water partition coefficient (Wildman–Crippen LogP) is 6.35. The molecular formula is C41H42Cl4Zr-2. The van der Waals surface area contributed by atoms with E-state index >= 15 is 0 Å². The van der Waals surface area contributed by atoms with Gasteiger partial charge in [-0.15, -0.1) is 46.2 Å². The molecule has 0 N–H and O–H groups in total. The van der Waals surface area contributed by atoms with Crippen LogP contribution in [0.1, 0.15) is 81.3 Å². The van der Waals surface area contributed by atoms with Crippen LogP contribution in [-0.2, 0) is 35.1 Å². The average Bonchev–Trinajstić information content (AvgIpc) is 3.63. The molecule has 5 heteroatoms. The van der Waals surface area contributed by atoms with Gasteiger partial charge in [0, 0.05) is 0 Å². The van der Waals surface area contributed by atoms with Gasteiger partial charge in [-0.25, -0.2) is 12.2 Å². The number of benzene rings is 4. The van der Waals surface area contributed by atoms with Crippen molar-refractivity contribution >= 4 is 48.0 Å². The Morgan fingerprint density at radius 1 is 0.674 bits per heavy atom. The minimum atomic E-state index is 0. The molecule has 0 amide bonds. The Morgan fingerprint density at radius 3 is 1.35 bits per heavy atom. The number of allylic oxidation sites excluding steroid dienone is 4. The average molecular weight is 768 g/mol. The minimum absolute atomic E-state index is 0. The Labute approximate surface area is 313 Å². The van der Waals surface area contributed by atoms with E-state index in [4.69, 9.17) is 23.2 Å². The fraction of sp³-hybridized carbons (Fsp3) is 0.268. The first-order valence-corrected chi connectivity index (χ1v) is 17.1. The third kappa shape index (κ3) is 10.3. The van der Waals surface area contributed by atoms with E-state index < -0.39 is 0 Å². The Morgan fingerprint density at radius 2 is 1.07 bits per heavy atom. The van der Waals surface area contributed by atoms with Gasteiger partial charge in [-0.2, -0.15) is 6.08 Å². The van der Waals surface area contributed by atoms with Gasteiger partial charge in [0.25, 0.3) is 0 Å². The van der Waals surface area contributed by atoms with Crippen molar-refractivity contribution in [3.63, 3.8) is 0 Å². The molecule has 0 radical (unpaired) electrons. The van der Waals surface area contributed by atoms with Crippen molar-refractivity contribution < 1.29 is 49.0 Å². The molecule has 0 spiro atoms. The number of halogens is 4. The summed E-state index contributed by atoms with van der Waals surface area (Å²) in [6, 6.07) is 27.8. The monoisotopic (exact) mass is 764 g/mol. The van der Waals surface area contributed by atoms with Crippen LogP contribution in [0.25, 0.3) is 21.5 Å². The molecular weight excluding hydrogens is 725 g/mol. The van der Waals surface area contributed by atoms with E-state index in [0.29, 0.717) is 0 Å². The molecule has 240 valence electrons. The summed E-state index contributed by atoms with van der Waals surface area (Å²) >= 11 is 13.1. The van der Waals surface area contributed by atoms with Crippen molar-refractivity contribution in [3.8, 4) is 0 Å². The first kappa shape index (κ1) is 40.3. The molecule has 46 heavy (non-hydrogen) atoms. The molecule has 0 fully saturated rings. The SMILES string of the molecule is Cc1cc2[cH-]c3cc(C)c(C(C)(C)C)cc3c2cc1C(C)(C)C.Clc1ccc([C](=[Zr+2])c2ccc(Cl)cc2)cc1.[C-]1=CC=CC1.[Cl-].[Cl-]. The maximum absolute atomic E-state index is 5.86. The van der Waals surface area contributed by atoms with Crippen molar-refractivity contribution in [1.29, 1.82) is 0 Å². The Kier molecular flexibility index (Phi) is 14.9. The quantitative estimate of drug-likeness (QED) is 0.184. The van der Waals surface area contributed by atoms with Gasteiger partial charge in [-0.05, 0) is 24.7 Å². The van der Waals surface area contributed by atoms with Gasteiger partial charge in [-0.1, -0.05) is 75.9 Å². The second-order valence-electron chi connectivity index (χ2n) is 13.5. The molecule has 1 aliphatic carbocycles. The molecule has 0 heterocycles. The molecule has 0 nitrogen and oxygen atoms in total. The van der Waals surface area contributed by atoms with E-state index in [0.717, 1.165) is 16.5 Å². The third-order valence-electron chi connectivity index (χ3n) is 7.86. The summed E-state index contributed by atoms with van der Waals surface area (Å²) in [6.45, 7) is 18.3. The predicted molar refractivity (Wildman–Crippen MR) is 192 cm³/mol. The van der Waals surface area contributed by atoms with E-state index in [-0.39, 0.29) is 35.6 Å². The second kappa shape index (κ2) is 17.0. The van der Waals surface area contributed by atoms with Crippen LogP contribution in [0.3, 0.4) is 0 Å². The summed E-state index contributed by atoms with van der Waals surface area (Å²) in [5.74, 6) is 0. The largest absolute Gasteiger partial charge is 1.00 e. The number of hydrogen-bond donors (Lipinski definition) is 0. The molecule has 0 saturated heterocycles. The van der Waals surface area contributed by atoms with Crippen molar-refractivity contribution in [2.24, 2.45) is 0 Å². The van der Waals surface area contributed by atoms with Gasteiger partial charge in [0.15, 0.2) is 0 Å². The van der Waals surface area contributed by atoms with E-state index in [2.05, 4.69) is 97.9 Å². The maximum atomic E-state index is 5.86. The molecule has 0 aromatic heterocycles. The summed E-state index contributed by atoms with van der Waals surface area (Å²) in [7, 11) is 0. The standard InChI is InChI=1S/C23H29.C13H8Cl2.C5H5.2ClH.Zr/c1-14-9-16-11-17-10-15(2)21(23(6,7)8)13-19(17)18(16)12-20(14)22(3,4)5;14-12-5-1-10(2-6-12)9-11-3-7-13(15)8-4-11;1-2-4-5-3-1;;;/h9-13H,1-8H3;1-8H;1-3H,4H2;2*1H;/q-1;;-1;;;+2/p-2. The van der Waals surface area contributed by atoms with Crippen LogP contribution in [0.5, 0.6) is 0 Å². The summed E-state index contributed by atoms with van der Waals surface area (Å²) in [5.41, 5.74) is 8.49. The number of aryl methyl sites for hydroxylation is 2. The van der Waals surface area contributed by atoms with E-state index in [9.17, 15) is 0 Å². The minimum Gasteiger partial charge on any atom is -1.00 e. The van der Waals surface area contributed by atoms with Gasteiger partial charge in [0.1, 0.15) is 0 Å². The van der Waals surface area contributed by atoms with Crippen molar-refractivity contribution in [3.05, 3.63) is 147 Å². The first-order valence-electron chi connectivity index (χ1n) is 15.1. The van der Waals surface area contributed by atoms with Crippen LogP contribution in [0.15, 0.2) is 97.1 Å². The Balaban J connectivity index is 0.000000278. The Hall–Kier alpha value is -1.86. The number of rotatable bonds is 2. The zero-order valence-electron chi connectivity index (χ0n) is 28.0. The van der Waals surface area contributed by atoms with E-state index in [1.54, 1.807) is 0 Å². The zero-order chi connectivity index (χ0) is 32.2. The third-order valence-corrected chi connectivity index (χ3v) is 9.79.